The molecule has 0 radical (unpaired) electrons. The Balaban J connectivity index is 1.50. The molecule has 0 fully saturated rings. The molecular weight excluding hydrogens is 404 g/mol. The number of hydrogen-bond acceptors (Lipinski definition) is 6. The van der Waals surface area contributed by atoms with Crippen molar-refractivity contribution in [3.8, 4) is 22.9 Å². The van der Waals surface area contributed by atoms with Crippen molar-refractivity contribution in [2.24, 2.45) is 0 Å². The normalized spacial score (nSPS) is 10.9. The van der Waals surface area contributed by atoms with Crippen molar-refractivity contribution in [1.29, 1.82) is 0 Å². The number of anilines is 2. The fourth-order valence-electron chi connectivity index (χ4n) is 3.41. The average molecular weight is 424 g/mol. The number of carbonyl (C=O) groups excluding carboxylic acids is 1. The van der Waals surface area contributed by atoms with Gasteiger partial charge in [0.2, 0.25) is 0 Å². The van der Waals surface area contributed by atoms with E-state index in [1.54, 1.807) is 42.9 Å². The number of hydrogen-bond donors (Lipinski definition) is 1. The first kappa shape index (κ1) is 19.6. The molecule has 3 heterocycles. The van der Waals surface area contributed by atoms with Gasteiger partial charge in [0.05, 0.1) is 23.6 Å². The molecule has 3 aromatic heterocycles. The maximum absolute atomic E-state index is 12.8. The predicted molar refractivity (Wildman–Crippen MR) is 124 cm³/mol. The SMILES string of the molecule is CN(C)c1ccc(NC(=O)c2ccc3nc(-c4ccco4)c(-c4ccco4)nc3c2)cc1. The third-order valence-corrected chi connectivity index (χ3v) is 5.08. The summed E-state index contributed by atoms with van der Waals surface area (Å²) >= 11 is 0. The van der Waals surface area contributed by atoms with Crippen molar-refractivity contribution >= 4 is 28.3 Å². The van der Waals surface area contributed by atoms with Gasteiger partial charge in [0.15, 0.2) is 11.5 Å². The van der Waals surface area contributed by atoms with Gasteiger partial charge in [-0.25, -0.2) is 9.97 Å². The van der Waals surface area contributed by atoms with Crippen LogP contribution in [0.2, 0.25) is 0 Å². The number of nitrogens with zero attached hydrogens (tertiary/aromatic N) is 3. The first-order chi connectivity index (χ1) is 15.6. The summed E-state index contributed by atoms with van der Waals surface area (Å²) in [6.07, 6.45) is 3.17. The number of furan rings is 2. The van der Waals surface area contributed by atoms with Crippen LogP contribution in [-0.4, -0.2) is 30.0 Å². The molecule has 0 atom stereocenters. The molecule has 7 heteroatoms. The lowest BCUT2D eigenvalue weighted by molar-refractivity contribution is 0.102. The molecule has 7 nitrogen and oxygen atoms in total. The van der Waals surface area contributed by atoms with E-state index in [-0.39, 0.29) is 5.91 Å². The highest BCUT2D eigenvalue weighted by Crippen LogP contribution is 2.31. The lowest BCUT2D eigenvalue weighted by Gasteiger charge is -2.13. The molecule has 0 bridgehead atoms. The maximum atomic E-state index is 12.8. The van der Waals surface area contributed by atoms with E-state index < -0.39 is 0 Å². The topological polar surface area (TPSA) is 84.4 Å². The third kappa shape index (κ3) is 3.72. The van der Waals surface area contributed by atoms with Crippen LogP contribution >= 0.6 is 0 Å². The molecule has 0 saturated carbocycles. The Kier molecular flexibility index (Phi) is 4.91. The van der Waals surface area contributed by atoms with Gasteiger partial charge in [-0.05, 0) is 66.7 Å². The first-order valence-electron chi connectivity index (χ1n) is 10.1. The van der Waals surface area contributed by atoms with Crippen molar-refractivity contribution in [3.63, 3.8) is 0 Å². The number of rotatable bonds is 5. The van der Waals surface area contributed by atoms with Crippen molar-refractivity contribution in [1.82, 2.24) is 9.97 Å². The van der Waals surface area contributed by atoms with Gasteiger partial charge < -0.3 is 19.1 Å². The molecule has 0 aliphatic carbocycles. The van der Waals surface area contributed by atoms with E-state index in [2.05, 4.69) is 5.32 Å². The fraction of sp³-hybridized carbons (Fsp3) is 0.0800. The number of carbonyl (C=O) groups is 1. The molecule has 0 saturated heterocycles. The minimum Gasteiger partial charge on any atom is -0.463 e. The van der Waals surface area contributed by atoms with Gasteiger partial charge in [0, 0.05) is 31.0 Å². The summed E-state index contributed by atoms with van der Waals surface area (Å²) < 4.78 is 11.1. The van der Waals surface area contributed by atoms with Gasteiger partial charge in [-0.15, -0.1) is 0 Å². The Bertz CT molecular complexity index is 1370. The molecule has 0 aliphatic heterocycles. The van der Waals surface area contributed by atoms with Crippen LogP contribution in [0.1, 0.15) is 10.4 Å². The quantitative estimate of drug-likeness (QED) is 0.403. The Labute approximate surface area is 184 Å². The van der Waals surface area contributed by atoms with E-state index in [1.807, 2.05) is 55.4 Å². The number of amides is 1. The summed E-state index contributed by atoms with van der Waals surface area (Å²) in [6.45, 7) is 0. The molecule has 1 N–H and O–H groups in total. The highest BCUT2D eigenvalue weighted by molar-refractivity contribution is 6.06. The number of fused-ring (bicyclic) bond motifs is 1. The van der Waals surface area contributed by atoms with E-state index in [0.717, 1.165) is 11.4 Å². The van der Waals surface area contributed by atoms with Crippen LogP contribution < -0.4 is 10.2 Å². The highest BCUT2D eigenvalue weighted by atomic mass is 16.3. The number of aromatic nitrogens is 2. The van der Waals surface area contributed by atoms with Gasteiger partial charge in [-0.2, -0.15) is 0 Å². The summed E-state index contributed by atoms with van der Waals surface area (Å²) in [5.74, 6) is 0.941. The van der Waals surface area contributed by atoms with Gasteiger partial charge in [0.25, 0.3) is 5.91 Å². The molecular formula is C25H20N4O3. The van der Waals surface area contributed by atoms with Gasteiger partial charge in [-0.3, -0.25) is 4.79 Å². The number of nitrogens with one attached hydrogen (secondary N) is 1. The van der Waals surface area contributed by atoms with Crippen LogP contribution in [0.25, 0.3) is 33.9 Å². The van der Waals surface area contributed by atoms with E-state index in [1.165, 1.54) is 0 Å². The van der Waals surface area contributed by atoms with E-state index >= 15 is 0 Å². The largest absolute Gasteiger partial charge is 0.463 e. The molecule has 5 aromatic rings. The highest BCUT2D eigenvalue weighted by Gasteiger charge is 2.18. The van der Waals surface area contributed by atoms with Crippen molar-refractivity contribution in [2.45, 2.75) is 0 Å². The Hall–Kier alpha value is -4.39. The standard InChI is InChI=1S/C25H20N4O3/c1-29(2)18-10-8-17(9-11-18)26-25(30)16-7-12-19-20(15-16)28-24(22-6-4-14-32-22)23(27-19)21-5-3-13-31-21/h3-15H,1-2H3,(H,26,30). The first-order valence-corrected chi connectivity index (χ1v) is 10.1. The fourth-order valence-corrected chi connectivity index (χ4v) is 3.41. The van der Waals surface area contributed by atoms with Crippen LogP contribution in [0.5, 0.6) is 0 Å². The summed E-state index contributed by atoms with van der Waals surface area (Å²) in [5, 5.41) is 2.93. The smallest absolute Gasteiger partial charge is 0.255 e. The lowest BCUT2D eigenvalue weighted by atomic mass is 10.1. The van der Waals surface area contributed by atoms with Gasteiger partial charge >= 0.3 is 0 Å². The summed E-state index contributed by atoms with van der Waals surface area (Å²) in [7, 11) is 3.94. The second-order valence-electron chi connectivity index (χ2n) is 7.47. The van der Waals surface area contributed by atoms with E-state index in [9.17, 15) is 4.79 Å². The summed E-state index contributed by atoms with van der Waals surface area (Å²) in [6, 6.07) is 20.1. The van der Waals surface area contributed by atoms with Crippen molar-refractivity contribution in [2.75, 3.05) is 24.3 Å². The molecule has 0 unspecified atom stereocenters. The Morgan fingerprint density at radius 2 is 1.44 bits per heavy atom. The monoisotopic (exact) mass is 424 g/mol. The Morgan fingerprint density at radius 1 is 0.812 bits per heavy atom. The average Bonchev–Trinajstić information content (AvgIpc) is 3.52. The molecule has 0 aliphatic rings. The van der Waals surface area contributed by atoms with Gasteiger partial charge in [0.1, 0.15) is 11.4 Å². The Morgan fingerprint density at radius 3 is 2.00 bits per heavy atom. The van der Waals surface area contributed by atoms with Crippen LogP contribution in [-0.2, 0) is 0 Å². The second kappa shape index (κ2) is 8.03. The van der Waals surface area contributed by atoms with Crippen LogP contribution in [0.4, 0.5) is 11.4 Å². The molecule has 0 spiro atoms. The predicted octanol–water partition coefficient (Wildman–Crippen LogP) is 5.47. The molecule has 2 aromatic carbocycles. The van der Waals surface area contributed by atoms with Gasteiger partial charge in [-0.1, -0.05) is 0 Å². The van der Waals surface area contributed by atoms with E-state index in [0.29, 0.717) is 39.5 Å². The summed E-state index contributed by atoms with van der Waals surface area (Å²) in [4.78, 5) is 24.3. The lowest BCUT2D eigenvalue weighted by Crippen LogP contribution is -2.12. The molecule has 158 valence electrons. The summed E-state index contributed by atoms with van der Waals surface area (Å²) in [5.41, 5.74) is 4.63. The molecule has 32 heavy (non-hydrogen) atoms. The maximum Gasteiger partial charge on any atom is 0.255 e. The van der Waals surface area contributed by atoms with Crippen molar-refractivity contribution in [3.05, 3.63) is 84.8 Å². The van der Waals surface area contributed by atoms with Crippen molar-refractivity contribution < 1.29 is 13.6 Å². The molecule has 5 rings (SSSR count). The zero-order chi connectivity index (χ0) is 22.1. The van der Waals surface area contributed by atoms with Crippen LogP contribution in [0.3, 0.4) is 0 Å². The third-order valence-electron chi connectivity index (χ3n) is 5.08. The minimum atomic E-state index is -0.221. The van der Waals surface area contributed by atoms with E-state index in [4.69, 9.17) is 18.8 Å². The zero-order valence-electron chi connectivity index (χ0n) is 17.6. The van der Waals surface area contributed by atoms with Crippen LogP contribution in [0.15, 0.2) is 88.1 Å². The molecule has 1 amide bonds. The minimum absolute atomic E-state index is 0.221. The number of benzene rings is 2. The second-order valence-corrected chi connectivity index (χ2v) is 7.47. The zero-order valence-corrected chi connectivity index (χ0v) is 17.6. The van der Waals surface area contributed by atoms with Crippen LogP contribution in [0, 0.1) is 0 Å².